The lowest BCUT2D eigenvalue weighted by Crippen LogP contribution is -2.06. The molecule has 1 heterocycles. The summed E-state index contributed by atoms with van der Waals surface area (Å²) < 4.78 is 25.3. The van der Waals surface area contributed by atoms with Crippen molar-refractivity contribution in [2.45, 2.75) is 18.2 Å². The molecule has 0 amide bonds. The number of benzene rings is 1. The van der Waals surface area contributed by atoms with Gasteiger partial charge in [-0.15, -0.1) is 0 Å². The summed E-state index contributed by atoms with van der Waals surface area (Å²) in [6, 6.07) is 6.63. The van der Waals surface area contributed by atoms with Gasteiger partial charge in [0.1, 0.15) is 0 Å². The predicted octanol–water partition coefficient (Wildman–Crippen LogP) is 1.64. The maximum absolute atomic E-state index is 11.8. The standard InChI is InChI=1S/C12H15N3O2S/c1-2-7-18(16,17)12-5-3-11(4-6-12)15-9-10(13)8-14-15/h3-6,8-9H,2,7,13H2,1H3. The number of rotatable bonds is 4. The van der Waals surface area contributed by atoms with Crippen molar-refractivity contribution in [3.05, 3.63) is 36.7 Å². The molecular weight excluding hydrogens is 250 g/mol. The van der Waals surface area contributed by atoms with E-state index in [1.165, 1.54) is 0 Å². The van der Waals surface area contributed by atoms with Crippen LogP contribution >= 0.6 is 0 Å². The monoisotopic (exact) mass is 265 g/mol. The zero-order valence-corrected chi connectivity index (χ0v) is 10.9. The molecule has 2 rings (SSSR count). The zero-order chi connectivity index (χ0) is 13.2. The first-order chi connectivity index (χ1) is 8.53. The van der Waals surface area contributed by atoms with Crippen molar-refractivity contribution < 1.29 is 8.42 Å². The third kappa shape index (κ3) is 2.53. The smallest absolute Gasteiger partial charge is 0.178 e. The summed E-state index contributed by atoms with van der Waals surface area (Å²) in [6.45, 7) is 1.85. The minimum Gasteiger partial charge on any atom is -0.396 e. The lowest BCUT2D eigenvalue weighted by molar-refractivity contribution is 0.594. The van der Waals surface area contributed by atoms with Gasteiger partial charge in [0.15, 0.2) is 9.84 Å². The van der Waals surface area contributed by atoms with E-state index in [2.05, 4.69) is 5.10 Å². The minimum atomic E-state index is -3.16. The van der Waals surface area contributed by atoms with Crippen LogP contribution in [0.15, 0.2) is 41.6 Å². The van der Waals surface area contributed by atoms with Gasteiger partial charge in [0.25, 0.3) is 0 Å². The molecule has 96 valence electrons. The van der Waals surface area contributed by atoms with Crippen LogP contribution in [0.25, 0.3) is 5.69 Å². The van der Waals surface area contributed by atoms with Gasteiger partial charge < -0.3 is 5.73 Å². The molecule has 0 radical (unpaired) electrons. The van der Waals surface area contributed by atoms with Crippen molar-refractivity contribution >= 4 is 15.5 Å². The summed E-state index contributed by atoms with van der Waals surface area (Å²) in [6.07, 6.45) is 3.83. The summed E-state index contributed by atoms with van der Waals surface area (Å²) >= 11 is 0. The van der Waals surface area contributed by atoms with Crippen LogP contribution in [0.1, 0.15) is 13.3 Å². The number of nitrogen functional groups attached to an aromatic ring is 1. The molecule has 2 aromatic rings. The van der Waals surface area contributed by atoms with Gasteiger partial charge in [-0.2, -0.15) is 5.10 Å². The summed E-state index contributed by atoms with van der Waals surface area (Å²) in [4.78, 5) is 0.341. The van der Waals surface area contributed by atoms with E-state index in [0.717, 1.165) is 5.69 Å². The number of hydrogen-bond acceptors (Lipinski definition) is 4. The Kier molecular flexibility index (Phi) is 3.38. The molecule has 0 saturated heterocycles. The highest BCUT2D eigenvalue weighted by atomic mass is 32.2. The van der Waals surface area contributed by atoms with Crippen LogP contribution in [-0.4, -0.2) is 24.0 Å². The molecule has 0 saturated carbocycles. The van der Waals surface area contributed by atoms with Crippen LogP contribution < -0.4 is 5.73 Å². The Hall–Kier alpha value is -1.82. The average molecular weight is 265 g/mol. The first-order valence-corrected chi connectivity index (χ1v) is 7.31. The molecule has 0 spiro atoms. The van der Waals surface area contributed by atoms with Gasteiger partial charge in [-0.05, 0) is 30.7 Å². The molecule has 0 unspecified atom stereocenters. The van der Waals surface area contributed by atoms with E-state index in [0.29, 0.717) is 17.0 Å². The van der Waals surface area contributed by atoms with Crippen LogP contribution in [0.2, 0.25) is 0 Å². The quantitative estimate of drug-likeness (QED) is 0.911. The third-order valence-corrected chi connectivity index (χ3v) is 4.47. The number of nitrogens with zero attached hydrogens (tertiary/aromatic N) is 2. The number of hydrogen-bond donors (Lipinski definition) is 1. The molecule has 5 nitrogen and oxygen atoms in total. The second kappa shape index (κ2) is 4.81. The van der Waals surface area contributed by atoms with Gasteiger partial charge in [0, 0.05) is 0 Å². The summed E-state index contributed by atoms with van der Waals surface area (Å²) in [5, 5.41) is 4.06. The highest BCUT2D eigenvalue weighted by molar-refractivity contribution is 7.91. The topological polar surface area (TPSA) is 78.0 Å². The van der Waals surface area contributed by atoms with E-state index in [1.54, 1.807) is 41.3 Å². The summed E-state index contributed by atoms with van der Waals surface area (Å²) in [7, 11) is -3.16. The first kappa shape index (κ1) is 12.6. The molecule has 0 aliphatic heterocycles. The molecule has 0 fully saturated rings. The zero-order valence-electron chi connectivity index (χ0n) is 10.1. The molecule has 0 aliphatic carbocycles. The maximum Gasteiger partial charge on any atom is 0.178 e. The van der Waals surface area contributed by atoms with Crippen molar-refractivity contribution in [2.75, 3.05) is 11.5 Å². The van der Waals surface area contributed by atoms with Gasteiger partial charge in [0.05, 0.1) is 34.4 Å². The summed E-state index contributed by atoms with van der Waals surface area (Å²) in [5.41, 5.74) is 6.92. The maximum atomic E-state index is 11.8. The Morgan fingerprint density at radius 2 is 1.94 bits per heavy atom. The molecule has 2 N–H and O–H groups in total. The number of anilines is 1. The van der Waals surface area contributed by atoms with Gasteiger partial charge in [-0.25, -0.2) is 13.1 Å². The van der Waals surface area contributed by atoms with Crippen molar-refractivity contribution in [1.29, 1.82) is 0 Å². The first-order valence-electron chi connectivity index (χ1n) is 5.66. The van der Waals surface area contributed by atoms with E-state index in [4.69, 9.17) is 5.73 Å². The number of sulfone groups is 1. The number of nitrogens with two attached hydrogens (primary N) is 1. The SMILES string of the molecule is CCCS(=O)(=O)c1ccc(-n2cc(N)cn2)cc1. The Morgan fingerprint density at radius 1 is 1.28 bits per heavy atom. The van der Waals surface area contributed by atoms with Crippen molar-refractivity contribution in [3.8, 4) is 5.69 Å². The van der Waals surface area contributed by atoms with Crippen LogP contribution in [-0.2, 0) is 9.84 Å². The van der Waals surface area contributed by atoms with Gasteiger partial charge >= 0.3 is 0 Å². The molecular formula is C12H15N3O2S. The molecule has 1 aromatic carbocycles. The van der Waals surface area contributed by atoms with Crippen molar-refractivity contribution in [1.82, 2.24) is 9.78 Å². The Labute approximate surface area is 106 Å². The largest absolute Gasteiger partial charge is 0.396 e. The van der Waals surface area contributed by atoms with E-state index in [-0.39, 0.29) is 5.75 Å². The van der Waals surface area contributed by atoms with Gasteiger partial charge in [-0.3, -0.25) is 0 Å². The molecule has 0 atom stereocenters. The second-order valence-electron chi connectivity index (χ2n) is 4.03. The number of aromatic nitrogens is 2. The average Bonchev–Trinajstić information content (AvgIpc) is 2.76. The van der Waals surface area contributed by atoms with Gasteiger partial charge in [0.2, 0.25) is 0 Å². The second-order valence-corrected chi connectivity index (χ2v) is 6.14. The normalized spacial score (nSPS) is 11.6. The Morgan fingerprint density at radius 3 is 2.44 bits per heavy atom. The van der Waals surface area contributed by atoms with E-state index >= 15 is 0 Å². The fourth-order valence-electron chi connectivity index (χ4n) is 1.67. The van der Waals surface area contributed by atoms with Crippen LogP contribution in [0.3, 0.4) is 0 Å². The van der Waals surface area contributed by atoms with Crippen molar-refractivity contribution in [2.24, 2.45) is 0 Å². The van der Waals surface area contributed by atoms with E-state index in [1.807, 2.05) is 6.92 Å². The third-order valence-electron chi connectivity index (χ3n) is 2.54. The highest BCUT2D eigenvalue weighted by Crippen LogP contribution is 2.16. The lowest BCUT2D eigenvalue weighted by Gasteiger charge is -2.05. The van der Waals surface area contributed by atoms with Crippen LogP contribution in [0.5, 0.6) is 0 Å². The molecule has 0 aliphatic rings. The molecule has 0 bridgehead atoms. The minimum absolute atomic E-state index is 0.168. The summed E-state index contributed by atoms with van der Waals surface area (Å²) in [5.74, 6) is 0.168. The lowest BCUT2D eigenvalue weighted by atomic mass is 10.3. The fourth-order valence-corrected chi connectivity index (χ4v) is 2.99. The Balaban J connectivity index is 2.31. The van der Waals surface area contributed by atoms with E-state index < -0.39 is 9.84 Å². The molecule has 1 aromatic heterocycles. The Bertz CT molecular complexity index is 630. The molecule has 6 heteroatoms. The van der Waals surface area contributed by atoms with Crippen LogP contribution in [0.4, 0.5) is 5.69 Å². The van der Waals surface area contributed by atoms with Crippen molar-refractivity contribution in [3.63, 3.8) is 0 Å². The highest BCUT2D eigenvalue weighted by Gasteiger charge is 2.12. The van der Waals surface area contributed by atoms with Crippen LogP contribution in [0, 0.1) is 0 Å². The predicted molar refractivity (Wildman–Crippen MR) is 70.3 cm³/mol. The van der Waals surface area contributed by atoms with E-state index in [9.17, 15) is 8.42 Å². The molecule has 18 heavy (non-hydrogen) atoms. The fraction of sp³-hybridized carbons (Fsp3) is 0.250. The van der Waals surface area contributed by atoms with Gasteiger partial charge in [-0.1, -0.05) is 6.92 Å².